The number of fused-ring (bicyclic) bond motifs is 4. The molecule has 0 radical (unpaired) electrons. The van der Waals surface area contributed by atoms with Gasteiger partial charge in [0.1, 0.15) is 0 Å². The zero-order valence-electron chi connectivity index (χ0n) is 16.5. The summed E-state index contributed by atoms with van der Waals surface area (Å²) in [5.41, 5.74) is 6.42. The molecule has 0 unspecified atom stereocenters. The molecule has 0 saturated heterocycles. The lowest BCUT2D eigenvalue weighted by atomic mass is 9.70. The molecule has 0 spiro atoms. The predicted octanol–water partition coefficient (Wildman–Crippen LogP) is 6.55. The van der Waals surface area contributed by atoms with Crippen LogP contribution in [0.15, 0.2) is 65.2 Å². The van der Waals surface area contributed by atoms with Crippen molar-refractivity contribution in [2.75, 3.05) is 11.4 Å². The van der Waals surface area contributed by atoms with E-state index in [4.69, 9.17) is 0 Å². The van der Waals surface area contributed by atoms with Gasteiger partial charge in [0.25, 0.3) is 0 Å². The normalized spacial score (nSPS) is 30.8. The van der Waals surface area contributed by atoms with Gasteiger partial charge in [-0.05, 0) is 72.6 Å². The summed E-state index contributed by atoms with van der Waals surface area (Å²) in [6.45, 7) is 2.80. The van der Waals surface area contributed by atoms with Gasteiger partial charge in [-0.15, -0.1) is 0 Å². The van der Waals surface area contributed by atoms with E-state index in [0.29, 0.717) is 29.7 Å². The van der Waals surface area contributed by atoms with Gasteiger partial charge in [-0.1, -0.05) is 52.4 Å². The second kappa shape index (κ2) is 6.43. The van der Waals surface area contributed by atoms with Gasteiger partial charge < -0.3 is 4.90 Å². The molecular weight excluding hydrogens is 422 g/mol. The van der Waals surface area contributed by atoms with Gasteiger partial charge in [-0.25, -0.2) is 0 Å². The van der Waals surface area contributed by atoms with E-state index in [1.54, 1.807) is 6.92 Å². The molecule has 3 heteroatoms. The predicted molar refractivity (Wildman–Crippen MR) is 121 cm³/mol. The van der Waals surface area contributed by atoms with Gasteiger partial charge in [0.15, 0.2) is 5.78 Å². The third kappa shape index (κ3) is 2.56. The maximum atomic E-state index is 12.4. The number of carbonyl (C=O) groups is 1. The van der Waals surface area contributed by atoms with Crippen LogP contribution in [-0.2, 0) is 0 Å². The first-order valence-electron chi connectivity index (χ1n) is 10.7. The minimum absolute atomic E-state index is 0.173. The fourth-order valence-electron chi connectivity index (χ4n) is 6.25. The first-order valence-corrected chi connectivity index (χ1v) is 11.5. The minimum atomic E-state index is 0.173. The maximum Gasteiger partial charge on any atom is 0.159 e. The van der Waals surface area contributed by atoms with E-state index in [2.05, 4.69) is 81.5 Å². The molecule has 0 bridgehead atoms. The van der Waals surface area contributed by atoms with E-state index in [1.807, 2.05) is 0 Å². The molecule has 0 saturated carbocycles. The summed E-state index contributed by atoms with van der Waals surface area (Å²) in [7, 11) is 0. The van der Waals surface area contributed by atoms with Crippen LogP contribution in [0, 0.1) is 11.8 Å². The Hall–Kier alpha value is -2.13. The number of benzene rings is 2. The van der Waals surface area contributed by atoms with Crippen LogP contribution < -0.4 is 4.90 Å². The van der Waals surface area contributed by atoms with Crippen LogP contribution in [0.1, 0.15) is 64.7 Å². The lowest BCUT2D eigenvalue weighted by Gasteiger charge is -2.51. The smallest absolute Gasteiger partial charge is 0.159 e. The van der Waals surface area contributed by atoms with Crippen LogP contribution in [0.2, 0.25) is 0 Å². The molecule has 2 heterocycles. The van der Waals surface area contributed by atoms with Gasteiger partial charge in [-0.3, -0.25) is 4.79 Å². The highest BCUT2D eigenvalue weighted by Crippen LogP contribution is 2.59. The summed E-state index contributed by atoms with van der Waals surface area (Å²) < 4.78 is 1.15. The summed E-state index contributed by atoms with van der Waals surface area (Å²) >= 11 is 3.69. The number of hydrogen-bond donors (Lipinski definition) is 0. The average molecular weight is 446 g/mol. The van der Waals surface area contributed by atoms with Crippen molar-refractivity contribution >= 4 is 27.4 Å². The molecule has 2 aliphatic heterocycles. The maximum absolute atomic E-state index is 12.4. The second-order valence-electron chi connectivity index (χ2n) is 9.01. The SMILES string of the molecule is CC(=O)c1cc2c3c(c1)[C@@H]1C=CC[C@@H]1[C@H](c1cccc(Br)c1)N3C[C@H]1CC=C[C@H]21. The van der Waals surface area contributed by atoms with Crippen molar-refractivity contribution in [2.24, 2.45) is 11.8 Å². The van der Waals surface area contributed by atoms with Crippen LogP contribution >= 0.6 is 15.9 Å². The third-order valence-electron chi connectivity index (χ3n) is 7.45. The first-order chi connectivity index (χ1) is 14.1. The standard InChI is InChI=1S/C26H24BrNO/c1-15(29)18-12-23-20-8-3-6-17(20)14-28-25(16-5-2-7-19(27)11-16)22-10-4-9-21(22)24(13-18)26(23)28/h2-5,7-9,11-13,17,20-22,25H,6,10,14H2,1H3/t17-,20+,21-,22+,25+/m1/s1. The Morgan fingerprint density at radius 2 is 1.79 bits per heavy atom. The van der Waals surface area contributed by atoms with Gasteiger partial charge in [-0.2, -0.15) is 0 Å². The number of Topliss-reactive ketones (excluding diaryl/α,β-unsaturated/α-hetero) is 1. The molecular formula is C26H24BrNO. The fraction of sp³-hybridized carbons (Fsp3) is 0.346. The van der Waals surface area contributed by atoms with Gasteiger partial charge in [0.05, 0.1) is 6.04 Å². The Morgan fingerprint density at radius 1 is 1.03 bits per heavy atom. The zero-order chi connectivity index (χ0) is 19.7. The minimum Gasteiger partial charge on any atom is -0.363 e. The molecule has 2 aromatic carbocycles. The van der Waals surface area contributed by atoms with Gasteiger partial charge in [0, 0.05) is 34.1 Å². The van der Waals surface area contributed by atoms with E-state index < -0.39 is 0 Å². The molecule has 2 nitrogen and oxygen atoms in total. The van der Waals surface area contributed by atoms with Crippen molar-refractivity contribution in [2.45, 2.75) is 37.6 Å². The third-order valence-corrected chi connectivity index (χ3v) is 7.94. The van der Waals surface area contributed by atoms with Crippen molar-refractivity contribution in [3.8, 4) is 0 Å². The quantitative estimate of drug-likeness (QED) is 0.385. The van der Waals surface area contributed by atoms with Crippen molar-refractivity contribution in [1.29, 1.82) is 0 Å². The summed E-state index contributed by atoms with van der Waals surface area (Å²) in [5, 5.41) is 0. The number of hydrogen-bond acceptors (Lipinski definition) is 2. The Labute approximate surface area is 180 Å². The Balaban J connectivity index is 1.61. The molecule has 2 aliphatic carbocycles. The number of allylic oxidation sites excluding steroid dienone is 4. The average Bonchev–Trinajstić information content (AvgIpc) is 3.37. The summed E-state index contributed by atoms with van der Waals surface area (Å²) in [6, 6.07) is 13.6. The summed E-state index contributed by atoms with van der Waals surface area (Å²) in [6.07, 6.45) is 11.7. The van der Waals surface area contributed by atoms with Crippen molar-refractivity contribution < 1.29 is 4.79 Å². The summed E-state index contributed by atoms with van der Waals surface area (Å²) in [4.78, 5) is 15.0. The Bertz CT molecular complexity index is 1070. The highest BCUT2D eigenvalue weighted by molar-refractivity contribution is 9.10. The van der Waals surface area contributed by atoms with Crippen LogP contribution in [0.4, 0.5) is 5.69 Å². The van der Waals surface area contributed by atoms with Crippen LogP contribution in [-0.4, -0.2) is 12.3 Å². The lowest BCUT2D eigenvalue weighted by molar-refractivity contribution is 0.101. The molecule has 146 valence electrons. The first kappa shape index (κ1) is 17.7. The van der Waals surface area contributed by atoms with Gasteiger partial charge >= 0.3 is 0 Å². The van der Waals surface area contributed by atoms with E-state index in [1.165, 1.54) is 22.4 Å². The Kier molecular flexibility index (Phi) is 3.93. The van der Waals surface area contributed by atoms with E-state index in [0.717, 1.165) is 29.4 Å². The van der Waals surface area contributed by atoms with Crippen molar-refractivity contribution in [3.05, 3.63) is 87.4 Å². The van der Waals surface area contributed by atoms with E-state index >= 15 is 0 Å². The Morgan fingerprint density at radius 3 is 2.59 bits per heavy atom. The molecule has 2 aromatic rings. The molecule has 0 fully saturated rings. The van der Waals surface area contributed by atoms with Gasteiger partial charge in [0.2, 0.25) is 0 Å². The van der Waals surface area contributed by atoms with Crippen LogP contribution in [0.5, 0.6) is 0 Å². The molecule has 5 atom stereocenters. The highest BCUT2D eigenvalue weighted by atomic mass is 79.9. The van der Waals surface area contributed by atoms with Crippen molar-refractivity contribution in [3.63, 3.8) is 0 Å². The van der Waals surface area contributed by atoms with E-state index in [9.17, 15) is 4.79 Å². The fourth-order valence-corrected chi connectivity index (χ4v) is 6.67. The number of anilines is 1. The molecule has 0 N–H and O–H groups in total. The molecule has 29 heavy (non-hydrogen) atoms. The summed E-state index contributed by atoms with van der Waals surface area (Å²) in [5.74, 6) is 2.15. The zero-order valence-corrected chi connectivity index (χ0v) is 18.1. The molecule has 6 rings (SSSR count). The number of rotatable bonds is 2. The van der Waals surface area contributed by atoms with E-state index in [-0.39, 0.29) is 5.78 Å². The highest BCUT2D eigenvalue weighted by Gasteiger charge is 2.47. The molecule has 0 aromatic heterocycles. The van der Waals surface area contributed by atoms with Crippen molar-refractivity contribution in [1.82, 2.24) is 0 Å². The molecule has 4 aliphatic rings. The number of carbonyl (C=O) groups excluding carboxylic acids is 1. The van der Waals surface area contributed by atoms with Crippen LogP contribution in [0.25, 0.3) is 0 Å². The second-order valence-corrected chi connectivity index (χ2v) is 9.93. The monoisotopic (exact) mass is 445 g/mol. The topological polar surface area (TPSA) is 20.3 Å². The number of ketones is 1. The largest absolute Gasteiger partial charge is 0.363 e. The van der Waals surface area contributed by atoms with Crippen LogP contribution in [0.3, 0.4) is 0 Å². The molecule has 0 amide bonds. The number of halogens is 1. The number of nitrogens with zero attached hydrogens (tertiary/aromatic N) is 1. The lowest BCUT2D eigenvalue weighted by Crippen LogP contribution is -2.46.